The molecule has 102 valence electrons. The van der Waals surface area contributed by atoms with Crippen LogP contribution < -0.4 is 4.74 Å². The fourth-order valence-electron chi connectivity index (χ4n) is 2.01. The molecule has 1 unspecified atom stereocenters. The van der Waals surface area contributed by atoms with Crippen molar-refractivity contribution < 1.29 is 9.84 Å². The molecule has 0 aliphatic rings. The summed E-state index contributed by atoms with van der Waals surface area (Å²) in [6, 6.07) is 7.75. The first kappa shape index (κ1) is 13.6. The van der Waals surface area contributed by atoms with Gasteiger partial charge in [-0.25, -0.2) is 0 Å². The molecular formula is C15H20N2O2. The Morgan fingerprint density at radius 3 is 2.68 bits per heavy atom. The van der Waals surface area contributed by atoms with Crippen molar-refractivity contribution in [2.45, 2.75) is 32.4 Å². The monoisotopic (exact) mass is 260 g/mol. The van der Waals surface area contributed by atoms with Gasteiger partial charge in [0.25, 0.3) is 0 Å². The summed E-state index contributed by atoms with van der Waals surface area (Å²) in [5.41, 5.74) is 1.95. The van der Waals surface area contributed by atoms with Crippen LogP contribution in [0.5, 0.6) is 5.75 Å². The van der Waals surface area contributed by atoms with Crippen LogP contribution >= 0.6 is 0 Å². The van der Waals surface area contributed by atoms with Crippen LogP contribution in [0.2, 0.25) is 0 Å². The molecule has 1 atom stereocenters. The first-order valence-corrected chi connectivity index (χ1v) is 6.56. The van der Waals surface area contributed by atoms with Crippen LogP contribution in [-0.4, -0.2) is 22.0 Å². The molecule has 0 bridgehead atoms. The lowest BCUT2D eigenvalue weighted by molar-refractivity contribution is 0.178. The van der Waals surface area contributed by atoms with Gasteiger partial charge in [-0.2, -0.15) is 5.10 Å². The minimum absolute atomic E-state index is 0.515. The van der Waals surface area contributed by atoms with E-state index in [0.29, 0.717) is 6.42 Å². The first-order chi connectivity index (χ1) is 9.22. The number of aryl methyl sites for hydroxylation is 1. The van der Waals surface area contributed by atoms with Crippen LogP contribution in [0.1, 0.15) is 30.6 Å². The van der Waals surface area contributed by atoms with Crippen LogP contribution in [-0.2, 0) is 13.0 Å². The normalized spacial score (nSPS) is 12.4. The highest BCUT2D eigenvalue weighted by atomic mass is 16.5. The van der Waals surface area contributed by atoms with Gasteiger partial charge in [-0.1, -0.05) is 19.1 Å². The van der Waals surface area contributed by atoms with Crippen LogP contribution in [0.25, 0.3) is 0 Å². The van der Waals surface area contributed by atoms with Crippen LogP contribution in [0.3, 0.4) is 0 Å². The van der Waals surface area contributed by atoms with E-state index in [1.54, 1.807) is 13.3 Å². The number of aliphatic hydroxyl groups excluding tert-OH is 1. The van der Waals surface area contributed by atoms with E-state index in [2.05, 4.69) is 12.0 Å². The second-order valence-electron chi connectivity index (χ2n) is 4.60. The Balaban J connectivity index is 2.00. The molecule has 2 rings (SSSR count). The van der Waals surface area contributed by atoms with Gasteiger partial charge in [0.2, 0.25) is 0 Å². The predicted molar refractivity (Wildman–Crippen MR) is 74.2 cm³/mol. The Morgan fingerprint density at radius 1 is 1.32 bits per heavy atom. The van der Waals surface area contributed by atoms with Crippen molar-refractivity contribution in [1.29, 1.82) is 0 Å². The molecule has 0 aliphatic carbocycles. The van der Waals surface area contributed by atoms with Crippen LogP contribution in [0, 0.1) is 0 Å². The highest BCUT2D eigenvalue weighted by Gasteiger charge is 2.11. The molecule has 1 N–H and O–H groups in total. The summed E-state index contributed by atoms with van der Waals surface area (Å²) >= 11 is 0. The first-order valence-electron chi connectivity index (χ1n) is 6.56. The maximum Gasteiger partial charge on any atom is 0.118 e. The van der Waals surface area contributed by atoms with E-state index in [1.165, 1.54) is 0 Å². The zero-order chi connectivity index (χ0) is 13.7. The Hall–Kier alpha value is -1.81. The molecule has 0 saturated heterocycles. The molecule has 1 aromatic heterocycles. The van der Waals surface area contributed by atoms with Gasteiger partial charge >= 0.3 is 0 Å². The van der Waals surface area contributed by atoms with Crippen LogP contribution in [0.4, 0.5) is 0 Å². The van der Waals surface area contributed by atoms with E-state index in [0.717, 1.165) is 29.8 Å². The summed E-state index contributed by atoms with van der Waals surface area (Å²) in [6.45, 7) is 2.99. The number of ether oxygens (including phenoxy) is 1. The van der Waals surface area contributed by atoms with Crippen molar-refractivity contribution >= 4 is 0 Å². The van der Waals surface area contributed by atoms with Crippen molar-refractivity contribution in [3.05, 3.63) is 47.8 Å². The van der Waals surface area contributed by atoms with E-state index in [1.807, 2.05) is 35.1 Å². The maximum atomic E-state index is 10.2. The topological polar surface area (TPSA) is 47.3 Å². The lowest BCUT2D eigenvalue weighted by Crippen LogP contribution is -2.01. The Morgan fingerprint density at radius 2 is 2.05 bits per heavy atom. The molecule has 0 aliphatic heterocycles. The van der Waals surface area contributed by atoms with Crippen molar-refractivity contribution in [1.82, 2.24) is 9.78 Å². The molecule has 4 heteroatoms. The summed E-state index contributed by atoms with van der Waals surface area (Å²) < 4.78 is 6.98. The molecule has 2 aromatic rings. The molecule has 0 radical (unpaired) electrons. The lowest BCUT2D eigenvalue weighted by atomic mass is 10.0. The van der Waals surface area contributed by atoms with Gasteiger partial charge < -0.3 is 9.84 Å². The zero-order valence-electron chi connectivity index (χ0n) is 11.4. The van der Waals surface area contributed by atoms with E-state index >= 15 is 0 Å². The van der Waals surface area contributed by atoms with Crippen molar-refractivity contribution in [2.24, 2.45) is 0 Å². The van der Waals surface area contributed by atoms with E-state index < -0.39 is 6.10 Å². The third-order valence-electron chi connectivity index (χ3n) is 3.08. The average Bonchev–Trinajstić information content (AvgIpc) is 2.89. The SMILES string of the molecule is CCCn1cc(C(O)Cc2ccc(OC)cc2)cn1. The summed E-state index contributed by atoms with van der Waals surface area (Å²) in [5.74, 6) is 0.828. The minimum atomic E-state index is -0.515. The number of hydrogen-bond donors (Lipinski definition) is 1. The Labute approximate surface area is 113 Å². The average molecular weight is 260 g/mol. The van der Waals surface area contributed by atoms with E-state index in [-0.39, 0.29) is 0 Å². The maximum absolute atomic E-state index is 10.2. The van der Waals surface area contributed by atoms with Gasteiger partial charge in [0.15, 0.2) is 0 Å². The van der Waals surface area contributed by atoms with Gasteiger partial charge in [0.1, 0.15) is 5.75 Å². The molecule has 1 aromatic carbocycles. The quantitative estimate of drug-likeness (QED) is 0.868. The number of methoxy groups -OCH3 is 1. The molecule has 4 nitrogen and oxygen atoms in total. The summed E-state index contributed by atoms with van der Waals surface area (Å²) in [6.07, 6.45) is 4.76. The summed E-state index contributed by atoms with van der Waals surface area (Å²) in [5, 5.41) is 14.4. The summed E-state index contributed by atoms with van der Waals surface area (Å²) in [4.78, 5) is 0. The number of nitrogens with zero attached hydrogens (tertiary/aromatic N) is 2. The van der Waals surface area contributed by atoms with Gasteiger partial charge in [0.05, 0.1) is 19.4 Å². The number of rotatable bonds is 6. The highest BCUT2D eigenvalue weighted by Crippen LogP contribution is 2.19. The lowest BCUT2D eigenvalue weighted by Gasteiger charge is -2.09. The molecule has 0 fully saturated rings. The number of aliphatic hydroxyl groups is 1. The van der Waals surface area contributed by atoms with Gasteiger partial charge in [-0.15, -0.1) is 0 Å². The standard InChI is InChI=1S/C15H20N2O2/c1-3-8-17-11-13(10-16-17)15(18)9-12-4-6-14(19-2)7-5-12/h4-7,10-11,15,18H,3,8-9H2,1-2H3. The van der Waals surface area contributed by atoms with Crippen molar-refractivity contribution in [3.8, 4) is 5.75 Å². The van der Waals surface area contributed by atoms with Gasteiger partial charge in [-0.3, -0.25) is 4.68 Å². The molecular weight excluding hydrogens is 240 g/mol. The largest absolute Gasteiger partial charge is 0.497 e. The molecule has 1 heterocycles. The van der Waals surface area contributed by atoms with Crippen LogP contribution in [0.15, 0.2) is 36.7 Å². The van der Waals surface area contributed by atoms with Gasteiger partial charge in [0, 0.05) is 24.7 Å². The van der Waals surface area contributed by atoms with E-state index in [9.17, 15) is 5.11 Å². The Bertz CT molecular complexity index is 505. The Kier molecular flexibility index (Phi) is 4.58. The molecule has 0 spiro atoms. The third kappa shape index (κ3) is 3.58. The number of aromatic nitrogens is 2. The fraction of sp³-hybridized carbons (Fsp3) is 0.400. The summed E-state index contributed by atoms with van der Waals surface area (Å²) in [7, 11) is 1.64. The van der Waals surface area contributed by atoms with Crippen molar-refractivity contribution in [2.75, 3.05) is 7.11 Å². The number of benzene rings is 1. The second-order valence-corrected chi connectivity index (χ2v) is 4.60. The predicted octanol–water partition coefficient (Wildman–Crippen LogP) is 2.58. The minimum Gasteiger partial charge on any atom is -0.497 e. The second kappa shape index (κ2) is 6.38. The number of hydrogen-bond acceptors (Lipinski definition) is 3. The molecule has 0 saturated carbocycles. The van der Waals surface area contributed by atoms with E-state index in [4.69, 9.17) is 4.74 Å². The zero-order valence-corrected chi connectivity index (χ0v) is 11.4. The smallest absolute Gasteiger partial charge is 0.118 e. The highest BCUT2D eigenvalue weighted by molar-refractivity contribution is 5.28. The van der Waals surface area contributed by atoms with Crippen molar-refractivity contribution in [3.63, 3.8) is 0 Å². The fourth-order valence-corrected chi connectivity index (χ4v) is 2.01. The van der Waals surface area contributed by atoms with Gasteiger partial charge in [-0.05, 0) is 24.1 Å². The molecule has 19 heavy (non-hydrogen) atoms. The third-order valence-corrected chi connectivity index (χ3v) is 3.08. The molecule has 0 amide bonds.